The first-order valence-electron chi connectivity index (χ1n) is 11.5. The van der Waals surface area contributed by atoms with Crippen LogP contribution in [0.15, 0.2) is 36.4 Å². The number of para-hydroxylation sites is 1. The predicted octanol–water partition coefficient (Wildman–Crippen LogP) is 2.56. The van der Waals surface area contributed by atoms with Gasteiger partial charge in [0.15, 0.2) is 11.5 Å². The minimum Gasteiger partial charge on any atom is -0.508 e. The number of amides is 1. The number of methoxy groups -OCH3 is 3. The molecule has 2 aromatic carbocycles. The number of hydrazine groups is 1. The first kappa shape index (κ1) is 24.1. The van der Waals surface area contributed by atoms with Crippen molar-refractivity contribution in [1.29, 1.82) is 0 Å². The zero-order chi connectivity index (χ0) is 24.2. The van der Waals surface area contributed by atoms with E-state index in [1.165, 1.54) is 0 Å². The fourth-order valence-corrected chi connectivity index (χ4v) is 5.12. The molecule has 2 aliphatic heterocycles. The van der Waals surface area contributed by atoms with Crippen molar-refractivity contribution < 1.29 is 28.8 Å². The Morgan fingerprint density at radius 3 is 2.29 bits per heavy atom. The van der Waals surface area contributed by atoms with E-state index in [0.717, 1.165) is 11.1 Å². The summed E-state index contributed by atoms with van der Waals surface area (Å²) in [7, 11) is 4.72. The smallest absolute Gasteiger partial charge is 0.242 e. The Hall–Kier alpha value is -3.01. The van der Waals surface area contributed by atoms with Gasteiger partial charge in [0.1, 0.15) is 11.8 Å². The summed E-state index contributed by atoms with van der Waals surface area (Å²) in [6.07, 6.45) is 0.717. The lowest BCUT2D eigenvalue weighted by Gasteiger charge is -2.32. The van der Waals surface area contributed by atoms with Crippen LogP contribution in [0.25, 0.3) is 0 Å². The van der Waals surface area contributed by atoms with Crippen LogP contribution in [0.2, 0.25) is 0 Å². The third kappa shape index (κ3) is 4.26. The van der Waals surface area contributed by atoms with Crippen LogP contribution < -0.4 is 25.1 Å². The highest BCUT2D eigenvalue weighted by Gasteiger charge is 2.55. The second kappa shape index (κ2) is 10.5. The van der Waals surface area contributed by atoms with E-state index < -0.39 is 6.04 Å². The van der Waals surface area contributed by atoms with Crippen LogP contribution in [0, 0.1) is 5.92 Å². The Kier molecular flexibility index (Phi) is 7.45. The van der Waals surface area contributed by atoms with E-state index in [0.29, 0.717) is 43.4 Å². The van der Waals surface area contributed by atoms with Crippen LogP contribution in [-0.4, -0.2) is 63.0 Å². The number of phenols is 1. The molecule has 2 saturated heterocycles. The molecule has 0 radical (unpaired) electrons. The van der Waals surface area contributed by atoms with Crippen molar-refractivity contribution in [2.45, 2.75) is 31.5 Å². The maximum atomic E-state index is 13.6. The lowest BCUT2D eigenvalue weighted by molar-refractivity contribution is -0.131. The SMILES string of the molecule is CCOCCCN1C(=O)C2NNC(c3ccccc3O)C2C1c1cc(OC)c(OC)c(OC)c1. The van der Waals surface area contributed by atoms with Gasteiger partial charge in [-0.05, 0) is 37.1 Å². The second-order valence-electron chi connectivity index (χ2n) is 8.37. The van der Waals surface area contributed by atoms with Gasteiger partial charge in [0.05, 0.1) is 33.4 Å². The molecule has 0 spiro atoms. The molecule has 9 nitrogen and oxygen atoms in total. The summed E-state index contributed by atoms with van der Waals surface area (Å²) in [5.41, 5.74) is 8.05. The van der Waals surface area contributed by atoms with E-state index >= 15 is 0 Å². The van der Waals surface area contributed by atoms with Crippen LogP contribution in [-0.2, 0) is 9.53 Å². The first-order chi connectivity index (χ1) is 16.5. The molecular formula is C25H33N3O6. The number of ether oxygens (including phenoxy) is 4. The Bertz CT molecular complexity index is 991. The molecular weight excluding hydrogens is 438 g/mol. The van der Waals surface area contributed by atoms with Gasteiger partial charge >= 0.3 is 0 Å². The number of aromatic hydroxyl groups is 1. The highest BCUT2D eigenvalue weighted by molar-refractivity contribution is 5.86. The molecule has 2 heterocycles. The molecule has 0 bridgehead atoms. The van der Waals surface area contributed by atoms with Crippen LogP contribution in [0.1, 0.15) is 36.6 Å². The fourth-order valence-electron chi connectivity index (χ4n) is 5.12. The summed E-state index contributed by atoms with van der Waals surface area (Å²) >= 11 is 0. The standard InChI is InChI=1S/C25H33N3O6/c1-5-34-12-8-11-28-23(15-13-18(31-2)24(33-4)19(14-15)32-3)20-21(26-27-22(20)25(28)30)16-9-6-7-10-17(16)29/h6-7,9-10,13-14,20-23,26-27,29H,5,8,11-12H2,1-4H3. The highest BCUT2D eigenvalue weighted by Crippen LogP contribution is 2.51. The van der Waals surface area contributed by atoms with E-state index in [4.69, 9.17) is 18.9 Å². The zero-order valence-corrected chi connectivity index (χ0v) is 20.0. The lowest BCUT2D eigenvalue weighted by Crippen LogP contribution is -2.41. The van der Waals surface area contributed by atoms with Crippen molar-refractivity contribution in [1.82, 2.24) is 15.8 Å². The Morgan fingerprint density at radius 1 is 1.00 bits per heavy atom. The van der Waals surface area contributed by atoms with Crippen molar-refractivity contribution in [3.05, 3.63) is 47.5 Å². The number of carbonyl (C=O) groups is 1. The Balaban J connectivity index is 1.79. The number of benzene rings is 2. The van der Waals surface area contributed by atoms with Gasteiger partial charge in [0, 0.05) is 31.2 Å². The molecule has 4 atom stereocenters. The minimum absolute atomic E-state index is 0.00525. The summed E-state index contributed by atoms with van der Waals surface area (Å²) < 4.78 is 22.2. The molecule has 2 fully saturated rings. The van der Waals surface area contributed by atoms with Crippen molar-refractivity contribution in [3.8, 4) is 23.0 Å². The maximum Gasteiger partial charge on any atom is 0.242 e. The van der Waals surface area contributed by atoms with Gasteiger partial charge in [-0.25, -0.2) is 10.9 Å². The van der Waals surface area contributed by atoms with E-state index in [2.05, 4.69) is 10.9 Å². The molecule has 0 saturated carbocycles. The highest BCUT2D eigenvalue weighted by atomic mass is 16.5. The number of likely N-dealkylation sites (tertiary alicyclic amines) is 1. The number of fused-ring (bicyclic) bond motifs is 1. The summed E-state index contributed by atoms with van der Waals surface area (Å²) in [5.74, 6) is 1.56. The molecule has 0 aromatic heterocycles. The van der Waals surface area contributed by atoms with Gasteiger partial charge in [-0.15, -0.1) is 0 Å². The number of carbonyl (C=O) groups excluding carboxylic acids is 1. The average molecular weight is 472 g/mol. The van der Waals surface area contributed by atoms with Gasteiger partial charge in [0.2, 0.25) is 11.7 Å². The predicted molar refractivity (Wildman–Crippen MR) is 126 cm³/mol. The maximum absolute atomic E-state index is 13.6. The van der Waals surface area contributed by atoms with Crippen LogP contribution in [0.4, 0.5) is 0 Å². The summed E-state index contributed by atoms with van der Waals surface area (Å²) in [4.78, 5) is 15.5. The number of nitrogens with one attached hydrogen (secondary N) is 2. The van der Waals surface area contributed by atoms with Gasteiger partial charge in [0.25, 0.3) is 0 Å². The van der Waals surface area contributed by atoms with Gasteiger partial charge in [-0.2, -0.15) is 0 Å². The molecule has 9 heteroatoms. The number of hydrogen-bond acceptors (Lipinski definition) is 8. The molecule has 2 aliphatic rings. The summed E-state index contributed by atoms with van der Waals surface area (Å²) in [5, 5.41) is 10.6. The lowest BCUT2D eigenvalue weighted by atomic mass is 9.83. The van der Waals surface area contributed by atoms with Crippen molar-refractivity contribution in [2.24, 2.45) is 5.92 Å². The van der Waals surface area contributed by atoms with Crippen LogP contribution in [0.5, 0.6) is 23.0 Å². The third-order valence-corrected chi connectivity index (χ3v) is 6.61. The van der Waals surface area contributed by atoms with Crippen molar-refractivity contribution >= 4 is 5.91 Å². The third-order valence-electron chi connectivity index (χ3n) is 6.61. The largest absolute Gasteiger partial charge is 0.508 e. The molecule has 3 N–H and O–H groups in total. The quantitative estimate of drug-likeness (QED) is 0.455. The monoisotopic (exact) mass is 471 g/mol. The van der Waals surface area contributed by atoms with Crippen LogP contribution >= 0.6 is 0 Å². The fraction of sp³-hybridized carbons (Fsp3) is 0.480. The molecule has 4 unspecified atom stereocenters. The topological polar surface area (TPSA) is 102 Å². The van der Waals surface area contributed by atoms with Crippen molar-refractivity contribution in [3.63, 3.8) is 0 Å². The summed E-state index contributed by atoms with van der Waals surface area (Å²) in [6.45, 7) is 3.71. The zero-order valence-electron chi connectivity index (χ0n) is 20.0. The number of nitrogens with zero attached hydrogens (tertiary/aromatic N) is 1. The van der Waals surface area contributed by atoms with Crippen molar-refractivity contribution in [2.75, 3.05) is 41.1 Å². The Morgan fingerprint density at radius 2 is 1.68 bits per heavy atom. The van der Waals surface area contributed by atoms with E-state index in [9.17, 15) is 9.90 Å². The number of hydrogen-bond donors (Lipinski definition) is 3. The molecule has 184 valence electrons. The van der Waals surface area contributed by atoms with E-state index in [1.54, 1.807) is 33.5 Å². The molecule has 4 rings (SSSR count). The van der Waals surface area contributed by atoms with E-state index in [-0.39, 0.29) is 29.7 Å². The number of phenolic OH excluding ortho intramolecular Hbond substituents is 1. The van der Waals surface area contributed by atoms with Gasteiger partial charge in [-0.3, -0.25) is 4.79 Å². The minimum atomic E-state index is -0.444. The molecule has 1 amide bonds. The molecule has 0 aliphatic carbocycles. The van der Waals surface area contributed by atoms with Gasteiger partial charge < -0.3 is 29.0 Å². The normalized spacial score (nSPS) is 23.8. The second-order valence-corrected chi connectivity index (χ2v) is 8.37. The van der Waals surface area contributed by atoms with Gasteiger partial charge in [-0.1, -0.05) is 18.2 Å². The van der Waals surface area contributed by atoms with Crippen LogP contribution in [0.3, 0.4) is 0 Å². The number of rotatable bonds is 10. The van der Waals surface area contributed by atoms with E-state index in [1.807, 2.05) is 36.1 Å². The first-order valence-corrected chi connectivity index (χ1v) is 11.5. The Labute approximate surface area is 199 Å². The molecule has 34 heavy (non-hydrogen) atoms. The summed E-state index contributed by atoms with van der Waals surface area (Å²) in [6, 6.07) is 10.00. The average Bonchev–Trinajstić information content (AvgIpc) is 3.40. The molecule has 2 aromatic rings.